The van der Waals surface area contributed by atoms with E-state index in [9.17, 15) is 4.79 Å². The zero-order valence-corrected chi connectivity index (χ0v) is 13.3. The lowest BCUT2D eigenvalue weighted by molar-refractivity contribution is 0.0421. The van der Waals surface area contributed by atoms with E-state index >= 15 is 0 Å². The van der Waals surface area contributed by atoms with Crippen LogP contribution in [0.5, 0.6) is 0 Å². The van der Waals surface area contributed by atoms with Gasteiger partial charge in [0.15, 0.2) is 0 Å². The number of nitrogens with one attached hydrogen (secondary N) is 2. The molecular formula is C15H22ClN3O2. The van der Waals surface area contributed by atoms with Crippen molar-refractivity contribution >= 4 is 23.3 Å². The maximum absolute atomic E-state index is 12.4. The van der Waals surface area contributed by atoms with Gasteiger partial charge < -0.3 is 15.4 Å². The second kappa shape index (κ2) is 7.09. The van der Waals surface area contributed by atoms with Gasteiger partial charge in [-0.3, -0.25) is 4.79 Å². The highest BCUT2D eigenvalue weighted by Gasteiger charge is 2.30. The summed E-state index contributed by atoms with van der Waals surface area (Å²) in [6.07, 6.45) is 2.58. The molecule has 0 radical (unpaired) electrons. The van der Waals surface area contributed by atoms with E-state index in [4.69, 9.17) is 16.3 Å². The van der Waals surface area contributed by atoms with Gasteiger partial charge >= 0.3 is 0 Å². The fraction of sp³-hybridized carbons (Fsp3) is 0.600. The van der Waals surface area contributed by atoms with Crippen LogP contribution in [-0.2, 0) is 4.74 Å². The van der Waals surface area contributed by atoms with E-state index in [2.05, 4.69) is 22.5 Å². The average Bonchev–Trinajstić information content (AvgIpc) is 2.46. The number of rotatable bonds is 5. The van der Waals surface area contributed by atoms with Crippen molar-refractivity contribution in [2.75, 3.05) is 25.1 Å². The van der Waals surface area contributed by atoms with Crippen molar-refractivity contribution < 1.29 is 9.53 Å². The minimum atomic E-state index is -0.257. The van der Waals surface area contributed by atoms with Gasteiger partial charge in [0.25, 0.3) is 5.91 Å². The molecule has 2 N–H and O–H groups in total. The Morgan fingerprint density at radius 1 is 1.43 bits per heavy atom. The van der Waals surface area contributed by atoms with E-state index in [0.29, 0.717) is 24.1 Å². The molecule has 1 saturated heterocycles. The van der Waals surface area contributed by atoms with Crippen molar-refractivity contribution in [3.63, 3.8) is 0 Å². The van der Waals surface area contributed by atoms with Crippen LogP contribution in [0.4, 0.5) is 5.82 Å². The van der Waals surface area contributed by atoms with Crippen LogP contribution in [0.3, 0.4) is 0 Å². The standard InChI is InChI=1S/C15H22ClN3O2/c1-3-8-17-12-5-4-11(16)13(18-12)14(20)19-15(2)6-9-21-10-7-15/h4-5H,3,6-10H2,1-2H3,(H,17,18)(H,19,20). The molecule has 2 rings (SSSR count). The summed E-state index contributed by atoms with van der Waals surface area (Å²) in [5.74, 6) is 0.438. The van der Waals surface area contributed by atoms with Gasteiger partial charge in [-0.05, 0) is 38.3 Å². The summed E-state index contributed by atoms with van der Waals surface area (Å²) in [4.78, 5) is 16.8. The first-order valence-electron chi connectivity index (χ1n) is 7.35. The van der Waals surface area contributed by atoms with Gasteiger partial charge in [0.1, 0.15) is 11.5 Å². The molecule has 21 heavy (non-hydrogen) atoms. The van der Waals surface area contributed by atoms with Gasteiger partial charge in [-0.25, -0.2) is 4.98 Å². The topological polar surface area (TPSA) is 63.2 Å². The van der Waals surface area contributed by atoms with Crippen molar-refractivity contribution in [3.8, 4) is 0 Å². The lowest BCUT2D eigenvalue weighted by Crippen LogP contribution is -2.49. The van der Waals surface area contributed by atoms with E-state index in [1.54, 1.807) is 12.1 Å². The number of pyridine rings is 1. The molecule has 1 amide bonds. The van der Waals surface area contributed by atoms with Gasteiger partial charge in [0.2, 0.25) is 0 Å². The molecule has 1 fully saturated rings. The van der Waals surface area contributed by atoms with Crippen LogP contribution in [0.1, 0.15) is 43.6 Å². The molecular weight excluding hydrogens is 290 g/mol. The first-order chi connectivity index (χ1) is 10.0. The first kappa shape index (κ1) is 16.0. The summed E-state index contributed by atoms with van der Waals surface area (Å²) in [5.41, 5.74) is 0.0122. The average molecular weight is 312 g/mol. The van der Waals surface area contributed by atoms with Gasteiger partial charge in [-0.15, -0.1) is 0 Å². The van der Waals surface area contributed by atoms with Crippen LogP contribution in [0.25, 0.3) is 0 Å². The van der Waals surface area contributed by atoms with Gasteiger partial charge in [-0.1, -0.05) is 18.5 Å². The molecule has 1 aliphatic rings. The van der Waals surface area contributed by atoms with Gasteiger partial charge in [0, 0.05) is 25.3 Å². The summed E-state index contributed by atoms with van der Waals surface area (Å²) in [5, 5.41) is 6.57. The Morgan fingerprint density at radius 3 is 2.81 bits per heavy atom. The lowest BCUT2D eigenvalue weighted by Gasteiger charge is -2.34. The molecule has 1 aromatic heterocycles. The summed E-state index contributed by atoms with van der Waals surface area (Å²) in [6.45, 7) is 6.24. The van der Waals surface area contributed by atoms with Gasteiger partial charge in [-0.2, -0.15) is 0 Å². The highest BCUT2D eigenvalue weighted by Crippen LogP contribution is 2.22. The smallest absolute Gasteiger partial charge is 0.271 e. The lowest BCUT2D eigenvalue weighted by atomic mass is 9.92. The van der Waals surface area contributed by atoms with E-state index in [1.807, 2.05) is 6.92 Å². The van der Waals surface area contributed by atoms with Crippen LogP contribution < -0.4 is 10.6 Å². The van der Waals surface area contributed by atoms with Crippen LogP contribution in [0, 0.1) is 0 Å². The van der Waals surface area contributed by atoms with Crippen molar-refractivity contribution in [3.05, 3.63) is 22.8 Å². The second-order valence-corrected chi connectivity index (χ2v) is 5.99. The molecule has 1 aliphatic heterocycles. The highest BCUT2D eigenvalue weighted by atomic mass is 35.5. The molecule has 2 heterocycles. The summed E-state index contributed by atoms with van der Waals surface area (Å²) < 4.78 is 5.34. The van der Waals surface area contributed by atoms with Crippen molar-refractivity contribution in [1.29, 1.82) is 0 Å². The highest BCUT2D eigenvalue weighted by molar-refractivity contribution is 6.33. The fourth-order valence-corrected chi connectivity index (χ4v) is 2.42. The Hall–Kier alpha value is -1.33. The molecule has 116 valence electrons. The number of ether oxygens (including phenoxy) is 1. The van der Waals surface area contributed by atoms with Crippen molar-refractivity contribution in [2.24, 2.45) is 0 Å². The maximum atomic E-state index is 12.4. The monoisotopic (exact) mass is 311 g/mol. The number of aromatic nitrogens is 1. The quantitative estimate of drug-likeness (QED) is 0.877. The van der Waals surface area contributed by atoms with E-state index < -0.39 is 0 Å². The minimum absolute atomic E-state index is 0.232. The molecule has 0 bridgehead atoms. The SMILES string of the molecule is CCCNc1ccc(Cl)c(C(=O)NC2(C)CCOCC2)n1. The Balaban J connectivity index is 2.10. The molecule has 0 aliphatic carbocycles. The predicted octanol–water partition coefficient (Wildman–Crippen LogP) is 2.86. The number of amides is 1. The van der Waals surface area contributed by atoms with Crippen LogP contribution in [0.15, 0.2) is 12.1 Å². The Kier molecular flexibility index (Phi) is 5.42. The maximum Gasteiger partial charge on any atom is 0.271 e. The number of anilines is 1. The Bertz CT molecular complexity index is 502. The zero-order valence-electron chi connectivity index (χ0n) is 12.5. The van der Waals surface area contributed by atoms with E-state index in [0.717, 1.165) is 25.8 Å². The second-order valence-electron chi connectivity index (χ2n) is 5.58. The van der Waals surface area contributed by atoms with Crippen LogP contribution in [0.2, 0.25) is 5.02 Å². The Morgan fingerprint density at radius 2 is 2.14 bits per heavy atom. The van der Waals surface area contributed by atoms with Gasteiger partial charge in [0.05, 0.1) is 5.02 Å². The molecule has 6 heteroatoms. The number of carbonyl (C=O) groups excluding carboxylic acids is 1. The number of carbonyl (C=O) groups is 1. The molecule has 0 atom stereocenters. The molecule has 0 saturated carbocycles. The fourth-order valence-electron chi connectivity index (χ4n) is 2.23. The van der Waals surface area contributed by atoms with Crippen LogP contribution >= 0.6 is 11.6 Å². The number of hydrogen-bond donors (Lipinski definition) is 2. The molecule has 1 aromatic rings. The third-order valence-electron chi connectivity index (χ3n) is 3.63. The third-order valence-corrected chi connectivity index (χ3v) is 3.93. The predicted molar refractivity (Wildman–Crippen MR) is 84.0 cm³/mol. The zero-order chi connectivity index (χ0) is 15.3. The minimum Gasteiger partial charge on any atom is -0.381 e. The number of nitrogens with zero attached hydrogens (tertiary/aromatic N) is 1. The normalized spacial score (nSPS) is 17.3. The van der Waals surface area contributed by atoms with Crippen molar-refractivity contribution in [1.82, 2.24) is 10.3 Å². The summed E-state index contributed by atoms with van der Waals surface area (Å²) in [7, 11) is 0. The first-order valence-corrected chi connectivity index (χ1v) is 7.72. The number of hydrogen-bond acceptors (Lipinski definition) is 4. The summed E-state index contributed by atoms with van der Waals surface area (Å²) in [6, 6.07) is 3.48. The Labute approximate surface area is 130 Å². The number of halogens is 1. The molecule has 0 aromatic carbocycles. The molecule has 5 nitrogen and oxygen atoms in total. The largest absolute Gasteiger partial charge is 0.381 e. The molecule has 0 unspecified atom stereocenters. The van der Waals surface area contributed by atoms with Crippen LogP contribution in [-0.4, -0.2) is 36.2 Å². The molecule has 0 spiro atoms. The van der Waals surface area contributed by atoms with E-state index in [1.165, 1.54) is 0 Å². The van der Waals surface area contributed by atoms with E-state index in [-0.39, 0.29) is 17.1 Å². The third kappa shape index (κ3) is 4.32. The van der Waals surface area contributed by atoms with Crippen molar-refractivity contribution in [2.45, 2.75) is 38.6 Å². The summed E-state index contributed by atoms with van der Waals surface area (Å²) >= 11 is 6.11.